The molecule has 186 valence electrons. The lowest BCUT2D eigenvalue weighted by atomic mass is 9.82. The van der Waals surface area contributed by atoms with E-state index in [9.17, 15) is 4.79 Å². The number of carbonyl (C=O) groups excluding carboxylic acids is 1. The summed E-state index contributed by atoms with van der Waals surface area (Å²) in [5.74, 6) is 1.36. The van der Waals surface area contributed by atoms with E-state index < -0.39 is 0 Å². The molecule has 1 amide bonds. The van der Waals surface area contributed by atoms with Crippen molar-refractivity contribution in [1.82, 2.24) is 24.5 Å². The Balaban J connectivity index is 1.43. The van der Waals surface area contributed by atoms with Gasteiger partial charge in [0.15, 0.2) is 0 Å². The van der Waals surface area contributed by atoms with Crippen molar-refractivity contribution in [2.45, 2.75) is 76.3 Å². The van der Waals surface area contributed by atoms with Crippen LogP contribution in [0.4, 0.5) is 0 Å². The molecule has 1 atom stereocenters. The summed E-state index contributed by atoms with van der Waals surface area (Å²) < 4.78 is 6.25. The molecule has 2 fully saturated rings. The molecule has 2 aliphatic carbocycles. The number of imidazole rings is 1. The second-order valence-electron chi connectivity index (χ2n) is 10.3. The van der Waals surface area contributed by atoms with Crippen LogP contribution in [0.15, 0.2) is 53.9 Å². The van der Waals surface area contributed by atoms with Gasteiger partial charge in [0.1, 0.15) is 17.6 Å². The third-order valence-corrected chi connectivity index (χ3v) is 8.49. The van der Waals surface area contributed by atoms with Crippen LogP contribution >= 0.6 is 11.5 Å². The Morgan fingerprint density at radius 1 is 0.889 bits per heavy atom. The van der Waals surface area contributed by atoms with Gasteiger partial charge in [0.2, 0.25) is 5.91 Å². The third kappa shape index (κ3) is 4.69. The number of benzene rings is 2. The lowest BCUT2D eigenvalue weighted by molar-refractivity contribution is -0.127. The van der Waals surface area contributed by atoms with Crippen molar-refractivity contribution >= 4 is 28.5 Å². The van der Waals surface area contributed by atoms with E-state index in [-0.39, 0.29) is 11.9 Å². The molecule has 4 aromatic rings. The number of carbonyl (C=O) groups is 1. The van der Waals surface area contributed by atoms with Gasteiger partial charge in [-0.25, -0.2) is 4.98 Å². The van der Waals surface area contributed by atoms with Crippen LogP contribution in [0, 0.1) is 5.92 Å². The van der Waals surface area contributed by atoms with E-state index in [4.69, 9.17) is 4.98 Å². The molecule has 7 heteroatoms. The predicted octanol–water partition coefficient (Wildman–Crippen LogP) is 6.79. The fourth-order valence-electron chi connectivity index (χ4n) is 6.14. The first-order valence-corrected chi connectivity index (χ1v) is 14.3. The normalized spacial score (nSPS) is 18.3. The van der Waals surface area contributed by atoms with Gasteiger partial charge < -0.3 is 9.88 Å². The standard InChI is InChI=1S/C29H33N5OS/c35-29(30-23-11-5-2-6-12-23)27(21-9-3-1-4-10-21)34-26-14-8-7-13-24(26)31-28(34)22-17-15-20(16-18-22)25-19-36-33-32-25/h7-8,13-19,21,23,27H,1-6,9-12H2,(H,30,35). The molecule has 1 unspecified atom stereocenters. The molecule has 36 heavy (non-hydrogen) atoms. The van der Waals surface area contributed by atoms with Crippen molar-refractivity contribution < 1.29 is 4.79 Å². The minimum absolute atomic E-state index is 0.170. The number of fused-ring (bicyclic) bond motifs is 1. The smallest absolute Gasteiger partial charge is 0.243 e. The van der Waals surface area contributed by atoms with Gasteiger partial charge in [-0.2, -0.15) is 0 Å². The summed E-state index contributed by atoms with van der Waals surface area (Å²) in [4.78, 5) is 19.1. The molecule has 0 bridgehead atoms. The largest absolute Gasteiger partial charge is 0.352 e. The number of amides is 1. The van der Waals surface area contributed by atoms with Crippen molar-refractivity contribution in [3.05, 3.63) is 53.9 Å². The maximum absolute atomic E-state index is 14.1. The Labute approximate surface area is 216 Å². The van der Waals surface area contributed by atoms with Gasteiger partial charge in [0, 0.05) is 22.5 Å². The van der Waals surface area contributed by atoms with E-state index in [1.54, 1.807) is 0 Å². The van der Waals surface area contributed by atoms with Gasteiger partial charge in [0.25, 0.3) is 0 Å². The highest BCUT2D eigenvalue weighted by molar-refractivity contribution is 7.03. The Kier molecular flexibility index (Phi) is 6.81. The number of hydrogen-bond donors (Lipinski definition) is 1. The zero-order valence-corrected chi connectivity index (χ0v) is 21.4. The highest BCUT2D eigenvalue weighted by Crippen LogP contribution is 2.39. The Morgan fingerprint density at radius 3 is 2.31 bits per heavy atom. The topological polar surface area (TPSA) is 72.7 Å². The second kappa shape index (κ2) is 10.5. The SMILES string of the molecule is O=C(NC1CCCCC1)C(C1CCCCC1)n1c(-c2ccc(-c3csnn3)cc2)nc2ccccc21. The third-order valence-electron chi connectivity index (χ3n) is 7.99. The van der Waals surface area contributed by atoms with Gasteiger partial charge in [-0.3, -0.25) is 4.79 Å². The van der Waals surface area contributed by atoms with Crippen LogP contribution in [0.3, 0.4) is 0 Å². The maximum atomic E-state index is 14.1. The number of rotatable bonds is 6. The summed E-state index contributed by atoms with van der Waals surface area (Å²) in [5, 5.41) is 9.64. The van der Waals surface area contributed by atoms with Crippen LogP contribution < -0.4 is 5.32 Å². The zero-order valence-electron chi connectivity index (χ0n) is 20.6. The Bertz CT molecular complexity index is 1300. The summed E-state index contributed by atoms with van der Waals surface area (Å²) in [7, 11) is 0. The van der Waals surface area contributed by atoms with Crippen molar-refractivity contribution in [3.8, 4) is 22.6 Å². The molecule has 0 spiro atoms. The van der Waals surface area contributed by atoms with Crippen molar-refractivity contribution in [3.63, 3.8) is 0 Å². The number of nitrogens with zero attached hydrogens (tertiary/aromatic N) is 4. The number of para-hydroxylation sites is 2. The molecule has 0 aliphatic heterocycles. The molecule has 0 saturated heterocycles. The predicted molar refractivity (Wildman–Crippen MR) is 145 cm³/mol. The fraction of sp³-hybridized carbons (Fsp3) is 0.448. The van der Waals surface area contributed by atoms with Crippen LogP contribution in [0.1, 0.15) is 70.3 Å². The number of nitrogens with one attached hydrogen (secondary N) is 1. The first-order valence-electron chi connectivity index (χ1n) is 13.4. The molecule has 1 N–H and O–H groups in total. The van der Waals surface area contributed by atoms with E-state index in [1.807, 2.05) is 11.4 Å². The highest BCUT2D eigenvalue weighted by atomic mass is 32.1. The van der Waals surface area contributed by atoms with E-state index in [2.05, 4.69) is 61.9 Å². The molecular weight excluding hydrogens is 466 g/mol. The summed E-state index contributed by atoms with van der Waals surface area (Å²) >= 11 is 1.36. The minimum Gasteiger partial charge on any atom is -0.352 e. The average molecular weight is 500 g/mol. The first kappa shape index (κ1) is 23.3. The quantitative estimate of drug-likeness (QED) is 0.317. The van der Waals surface area contributed by atoms with Crippen LogP contribution in [0.25, 0.3) is 33.7 Å². The zero-order chi connectivity index (χ0) is 24.3. The fourth-order valence-corrected chi connectivity index (χ4v) is 6.60. The Morgan fingerprint density at radius 2 is 1.58 bits per heavy atom. The van der Waals surface area contributed by atoms with Crippen LogP contribution in [-0.2, 0) is 4.79 Å². The monoisotopic (exact) mass is 499 g/mol. The van der Waals surface area contributed by atoms with Gasteiger partial charge in [-0.15, -0.1) is 5.10 Å². The maximum Gasteiger partial charge on any atom is 0.243 e. The lowest BCUT2D eigenvalue weighted by Gasteiger charge is -2.33. The summed E-state index contributed by atoms with van der Waals surface area (Å²) in [6.07, 6.45) is 11.7. The second-order valence-corrected chi connectivity index (χ2v) is 11.0. The van der Waals surface area contributed by atoms with Crippen LogP contribution in [-0.4, -0.2) is 31.1 Å². The molecule has 6 rings (SSSR count). The lowest BCUT2D eigenvalue weighted by Crippen LogP contribution is -2.43. The average Bonchev–Trinajstić information content (AvgIpc) is 3.60. The van der Waals surface area contributed by atoms with E-state index in [1.165, 1.54) is 50.1 Å². The van der Waals surface area contributed by atoms with Gasteiger partial charge in [-0.1, -0.05) is 79.4 Å². The molecule has 6 nitrogen and oxygen atoms in total. The number of hydrogen-bond acceptors (Lipinski definition) is 5. The van der Waals surface area contributed by atoms with Crippen molar-refractivity contribution in [2.75, 3.05) is 0 Å². The van der Waals surface area contributed by atoms with E-state index >= 15 is 0 Å². The van der Waals surface area contributed by atoms with Gasteiger partial charge in [0.05, 0.1) is 11.0 Å². The van der Waals surface area contributed by atoms with Gasteiger partial charge >= 0.3 is 0 Å². The molecule has 2 aromatic carbocycles. The molecule has 2 aliphatic rings. The summed E-state index contributed by atoms with van der Waals surface area (Å²) in [6, 6.07) is 16.7. The highest BCUT2D eigenvalue weighted by Gasteiger charge is 2.35. The van der Waals surface area contributed by atoms with Crippen molar-refractivity contribution in [2.24, 2.45) is 5.92 Å². The molecular formula is C29H33N5OS. The molecule has 2 aromatic heterocycles. The Hall–Kier alpha value is -3.06. The first-order chi connectivity index (χ1) is 17.8. The van der Waals surface area contributed by atoms with E-state index in [0.717, 1.165) is 59.4 Å². The van der Waals surface area contributed by atoms with Crippen LogP contribution in [0.5, 0.6) is 0 Å². The van der Waals surface area contributed by atoms with Gasteiger partial charge in [-0.05, 0) is 55.3 Å². The van der Waals surface area contributed by atoms with Crippen molar-refractivity contribution in [1.29, 1.82) is 0 Å². The summed E-state index contributed by atoms with van der Waals surface area (Å²) in [6.45, 7) is 0. The molecule has 0 radical (unpaired) electrons. The summed E-state index contributed by atoms with van der Waals surface area (Å²) in [5.41, 5.74) is 4.91. The van der Waals surface area contributed by atoms with E-state index in [0.29, 0.717) is 12.0 Å². The number of aromatic nitrogens is 4. The van der Waals surface area contributed by atoms with Crippen LogP contribution in [0.2, 0.25) is 0 Å². The molecule has 2 saturated carbocycles. The molecule has 2 heterocycles. The minimum atomic E-state index is -0.253.